The van der Waals surface area contributed by atoms with E-state index in [2.05, 4.69) is 17.5 Å². The summed E-state index contributed by atoms with van der Waals surface area (Å²) >= 11 is 1.67. The van der Waals surface area contributed by atoms with Crippen LogP contribution in [0.3, 0.4) is 0 Å². The van der Waals surface area contributed by atoms with Crippen LogP contribution in [0.5, 0.6) is 23.0 Å². The Kier molecular flexibility index (Phi) is 4.06. The van der Waals surface area contributed by atoms with Crippen LogP contribution in [-0.2, 0) is 0 Å². The van der Waals surface area contributed by atoms with Gasteiger partial charge in [-0.05, 0) is 24.3 Å². The van der Waals surface area contributed by atoms with Crippen molar-refractivity contribution >= 4 is 81.5 Å². The molecular formula is C22H8B2F2N4O4S2. The maximum Gasteiger partial charge on any atom is 0.638 e. The van der Waals surface area contributed by atoms with E-state index >= 15 is 8.78 Å². The Labute approximate surface area is 209 Å². The average Bonchev–Trinajstić information content (AvgIpc) is 3.68. The average molecular weight is 516 g/mol. The molecule has 0 N–H and O–H groups in total. The first-order valence-corrected chi connectivity index (χ1v) is 12.2. The van der Waals surface area contributed by atoms with E-state index in [1.807, 2.05) is 0 Å². The predicted molar refractivity (Wildman–Crippen MR) is 132 cm³/mol. The number of aromatic nitrogens is 4. The molecule has 2 aliphatic rings. The van der Waals surface area contributed by atoms with Crippen LogP contribution in [0.1, 0.15) is 0 Å². The fourth-order valence-electron chi connectivity index (χ4n) is 4.67. The van der Waals surface area contributed by atoms with Crippen molar-refractivity contribution in [2.24, 2.45) is 0 Å². The van der Waals surface area contributed by atoms with E-state index in [1.165, 1.54) is 0 Å². The van der Waals surface area contributed by atoms with Crippen molar-refractivity contribution in [2.75, 3.05) is 0 Å². The molecule has 0 bridgehead atoms. The number of nitrogens with zero attached hydrogens (tertiary/aromatic N) is 4. The van der Waals surface area contributed by atoms with E-state index in [0.717, 1.165) is 23.5 Å². The fourth-order valence-corrected chi connectivity index (χ4v) is 5.80. The van der Waals surface area contributed by atoms with Gasteiger partial charge in [0.15, 0.2) is 0 Å². The van der Waals surface area contributed by atoms with Gasteiger partial charge in [-0.25, -0.2) is 8.78 Å². The summed E-state index contributed by atoms with van der Waals surface area (Å²) in [6.07, 6.45) is 0. The molecule has 6 aromatic rings. The molecule has 4 aromatic carbocycles. The highest BCUT2D eigenvalue weighted by Crippen LogP contribution is 2.38. The highest BCUT2D eigenvalue weighted by molar-refractivity contribution is 7.00. The van der Waals surface area contributed by atoms with Crippen molar-refractivity contribution in [3.63, 3.8) is 0 Å². The van der Waals surface area contributed by atoms with E-state index < -0.39 is 25.9 Å². The van der Waals surface area contributed by atoms with Crippen molar-refractivity contribution in [1.82, 2.24) is 17.5 Å². The van der Waals surface area contributed by atoms with E-state index in [4.69, 9.17) is 18.6 Å². The summed E-state index contributed by atoms with van der Waals surface area (Å²) in [7, 11) is -2.25. The molecule has 36 heavy (non-hydrogen) atoms. The third-order valence-corrected chi connectivity index (χ3v) is 7.29. The molecule has 172 valence electrons. The standard InChI is InChI=1S/C22H8B2F2N4O4S2/c25-17-13-14(19-21(29-35-27-19)15(17)23-31-9-5-1-2-6-10(9)32-23)18(26)16(22-20(13)28-36-30-22)24-33-11-7-3-4-8-12(11)34-24/h1-8H. The Morgan fingerprint density at radius 2 is 0.861 bits per heavy atom. The zero-order valence-electron chi connectivity index (χ0n) is 17.8. The minimum absolute atomic E-state index is 0.0182. The quantitative estimate of drug-likeness (QED) is 0.324. The molecule has 0 unspecified atom stereocenters. The molecule has 0 fully saturated rings. The zero-order valence-corrected chi connectivity index (χ0v) is 19.4. The van der Waals surface area contributed by atoms with Crippen molar-refractivity contribution in [3.8, 4) is 23.0 Å². The molecule has 14 heteroatoms. The van der Waals surface area contributed by atoms with Gasteiger partial charge in [0.25, 0.3) is 0 Å². The maximum absolute atomic E-state index is 16.3. The monoisotopic (exact) mass is 516 g/mol. The Morgan fingerprint density at radius 3 is 1.22 bits per heavy atom. The number of rotatable bonds is 2. The number of benzene rings is 4. The van der Waals surface area contributed by atoms with Crippen LogP contribution in [0.15, 0.2) is 48.5 Å². The summed E-state index contributed by atoms with van der Waals surface area (Å²) in [5.74, 6) is 0.349. The molecule has 0 saturated heterocycles. The number of para-hydroxylation sites is 4. The van der Waals surface area contributed by atoms with E-state index in [1.54, 1.807) is 48.5 Å². The molecule has 0 aliphatic carbocycles. The maximum atomic E-state index is 16.3. The summed E-state index contributed by atoms with van der Waals surface area (Å²) in [4.78, 5) is 0. The summed E-state index contributed by atoms with van der Waals surface area (Å²) < 4.78 is 73.4. The van der Waals surface area contributed by atoms with Crippen molar-refractivity contribution < 1.29 is 27.4 Å². The van der Waals surface area contributed by atoms with Gasteiger partial charge < -0.3 is 18.6 Å². The molecule has 8 nitrogen and oxygen atoms in total. The van der Waals surface area contributed by atoms with Gasteiger partial charge >= 0.3 is 14.2 Å². The highest BCUT2D eigenvalue weighted by Gasteiger charge is 2.44. The number of halogens is 2. The van der Waals surface area contributed by atoms with Crippen LogP contribution in [-0.4, -0.2) is 31.7 Å². The van der Waals surface area contributed by atoms with Crippen molar-refractivity contribution in [1.29, 1.82) is 0 Å². The summed E-state index contributed by atoms with van der Waals surface area (Å²) in [5.41, 5.74) is 0.658. The number of hydrogen-bond acceptors (Lipinski definition) is 10. The van der Waals surface area contributed by atoms with Gasteiger partial charge in [-0.2, -0.15) is 17.5 Å². The second kappa shape index (κ2) is 7.24. The molecule has 0 atom stereocenters. The lowest BCUT2D eigenvalue weighted by atomic mass is 9.73. The van der Waals surface area contributed by atoms with Gasteiger partial charge in [-0.15, -0.1) is 0 Å². The molecule has 2 aliphatic heterocycles. The van der Waals surface area contributed by atoms with Crippen LogP contribution in [0.2, 0.25) is 0 Å². The van der Waals surface area contributed by atoms with Crippen LogP contribution >= 0.6 is 23.5 Å². The third kappa shape index (κ3) is 2.62. The van der Waals surface area contributed by atoms with Crippen LogP contribution in [0.25, 0.3) is 32.8 Å². The molecule has 0 spiro atoms. The van der Waals surface area contributed by atoms with Gasteiger partial charge in [-0.1, -0.05) is 24.3 Å². The first-order valence-electron chi connectivity index (χ1n) is 10.7. The Balaban J connectivity index is 1.40. The minimum atomic E-state index is -1.13. The first-order chi connectivity index (χ1) is 17.7. The van der Waals surface area contributed by atoms with Crippen molar-refractivity contribution in [2.45, 2.75) is 0 Å². The largest absolute Gasteiger partial charge is 0.638 e. The fraction of sp³-hybridized carbons (Fsp3) is 0. The Morgan fingerprint density at radius 1 is 0.528 bits per heavy atom. The lowest BCUT2D eigenvalue weighted by molar-refractivity contribution is 0.513. The molecule has 4 heterocycles. The smallest absolute Gasteiger partial charge is 0.519 e. The molecule has 0 radical (unpaired) electrons. The molecule has 0 saturated carbocycles. The summed E-state index contributed by atoms with van der Waals surface area (Å²) in [5, 5.41) is -0.150. The second-order valence-corrected chi connectivity index (χ2v) is 9.21. The molecule has 8 rings (SSSR count). The zero-order chi connectivity index (χ0) is 24.0. The number of fused-ring (bicyclic) bond motifs is 7. The van der Waals surface area contributed by atoms with Crippen LogP contribution < -0.4 is 29.5 Å². The van der Waals surface area contributed by atoms with Crippen LogP contribution in [0.4, 0.5) is 8.78 Å². The Bertz CT molecular complexity index is 1700. The topological polar surface area (TPSA) is 88.5 Å². The number of hydrogen-bond donors (Lipinski definition) is 0. The van der Waals surface area contributed by atoms with Gasteiger partial charge in [0, 0.05) is 0 Å². The third-order valence-electron chi connectivity index (χ3n) is 6.23. The molecular weight excluding hydrogens is 508 g/mol. The normalized spacial score (nSPS) is 14.1. The van der Waals surface area contributed by atoms with Crippen LogP contribution in [0, 0.1) is 11.6 Å². The van der Waals surface area contributed by atoms with Crippen molar-refractivity contribution in [3.05, 3.63) is 60.2 Å². The lowest BCUT2D eigenvalue weighted by Crippen LogP contribution is -2.43. The Hall–Kier alpha value is -4.03. The lowest BCUT2D eigenvalue weighted by Gasteiger charge is -2.14. The minimum Gasteiger partial charge on any atom is -0.519 e. The molecule has 0 amide bonds. The predicted octanol–water partition coefficient (Wildman–Crippen LogP) is 3.46. The highest BCUT2D eigenvalue weighted by atomic mass is 32.1. The van der Waals surface area contributed by atoms with E-state index in [9.17, 15) is 0 Å². The van der Waals surface area contributed by atoms with Gasteiger partial charge in [0.2, 0.25) is 0 Å². The van der Waals surface area contributed by atoms with E-state index in [0.29, 0.717) is 23.0 Å². The van der Waals surface area contributed by atoms with Gasteiger partial charge in [-0.3, -0.25) is 0 Å². The first kappa shape index (κ1) is 20.2. The van der Waals surface area contributed by atoms with Gasteiger partial charge in [0.05, 0.1) is 45.2 Å². The second-order valence-electron chi connectivity index (χ2n) is 8.16. The van der Waals surface area contributed by atoms with Gasteiger partial charge in [0.1, 0.15) is 56.7 Å². The molecule has 2 aromatic heterocycles. The SMILES string of the molecule is Fc1c(B2Oc3ccccc3O2)c2nsnc2c2c(F)c(B3Oc4ccccc4O3)c3nsnc3c12. The summed E-state index contributed by atoms with van der Waals surface area (Å²) in [6.45, 7) is 0. The van der Waals surface area contributed by atoms with E-state index in [-0.39, 0.29) is 43.8 Å². The summed E-state index contributed by atoms with van der Waals surface area (Å²) in [6, 6.07) is 14.0.